The zero-order chi connectivity index (χ0) is 17.6. The number of hydrogen-bond acceptors (Lipinski definition) is 8. The molecular formula is C16H22O8. The molecule has 134 valence electrons. The molecule has 0 radical (unpaired) electrons. The van der Waals surface area contributed by atoms with Gasteiger partial charge >= 0.3 is 17.9 Å². The van der Waals surface area contributed by atoms with Gasteiger partial charge in [-0.05, 0) is 20.3 Å². The largest absolute Gasteiger partial charge is 0.455 e. The molecule has 3 aliphatic rings. The van der Waals surface area contributed by atoms with Crippen molar-refractivity contribution in [1.29, 1.82) is 0 Å². The molecule has 0 aromatic carbocycles. The van der Waals surface area contributed by atoms with Gasteiger partial charge in [-0.25, -0.2) is 0 Å². The zero-order valence-corrected chi connectivity index (χ0v) is 14.1. The van der Waals surface area contributed by atoms with Crippen LogP contribution in [0.2, 0.25) is 0 Å². The molecule has 0 N–H and O–H groups in total. The van der Waals surface area contributed by atoms with Crippen LogP contribution in [0.15, 0.2) is 0 Å². The van der Waals surface area contributed by atoms with Gasteiger partial charge in [-0.3, -0.25) is 14.4 Å². The fourth-order valence-corrected chi connectivity index (χ4v) is 3.38. The maximum absolute atomic E-state index is 12.4. The average molecular weight is 342 g/mol. The number of methoxy groups -OCH3 is 1. The third kappa shape index (κ3) is 2.48. The Morgan fingerprint density at radius 3 is 2.54 bits per heavy atom. The average Bonchev–Trinajstić information content (AvgIpc) is 3.15. The number of ether oxygens (including phenoxy) is 5. The highest BCUT2D eigenvalue weighted by atomic mass is 16.7. The van der Waals surface area contributed by atoms with Crippen LogP contribution in [-0.2, 0) is 38.1 Å². The van der Waals surface area contributed by atoms with E-state index >= 15 is 0 Å². The molecule has 3 saturated heterocycles. The summed E-state index contributed by atoms with van der Waals surface area (Å²) >= 11 is 0. The number of carbonyl (C=O) groups is 3. The Kier molecular flexibility index (Phi) is 4.29. The third-order valence-electron chi connectivity index (χ3n) is 5.18. The van der Waals surface area contributed by atoms with Crippen molar-refractivity contribution in [2.24, 2.45) is 17.3 Å². The predicted molar refractivity (Wildman–Crippen MR) is 77.4 cm³/mol. The second-order valence-electron chi connectivity index (χ2n) is 7.00. The molecule has 6 unspecified atom stereocenters. The van der Waals surface area contributed by atoms with E-state index < -0.39 is 59.6 Å². The number of esters is 3. The normalized spacial score (nSPS) is 36.6. The summed E-state index contributed by atoms with van der Waals surface area (Å²) in [6, 6.07) is 0. The molecule has 2 bridgehead atoms. The van der Waals surface area contributed by atoms with Gasteiger partial charge in [0.15, 0.2) is 19.0 Å². The van der Waals surface area contributed by atoms with Crippen LogP contribution in [0.3, 0.4) is 0 Å². The molecule has 3 rings (SSSR count). The number of rotatable bonds is 6. The van der Waals surface area contributed by atoms with Gasteiger partial charge in [-0.15, -0.1) is 0 Å². The molecule has 3 fully saturated rings. The van der Waals surface area contributed by atoms with E-state index in [1.807, 2.05) is 6.92 Å². The molecule has 24 heavy (non-hydrogen) atoms. The Labute approximate surface area is 139 Å². The van der Waals surface area contributed by atoms with Gasteiger partial charge in [0.1, 0.15) is 24.0 Å². The summed E-state index contributed by atoms with van der Waals surface area (Å²) in [6.07, 6.45) is -2.17. The minimum atomic E-state index is -0.848. The van der Waals surface area contributed by atoms with E-state index in [1.165, 1.54) is 7.11 Å². The standard InChI is InChI=1S/C16H22O8/c1-5-16(2,3)15(19)24-12-9-7(13(17)21-6-20-4)8-10(22-9)11(12)23-14(8)18/h7-12H,5-6H2,1-4H3. The smallest absolute Gasteiger partial charge is 0.314 e. The molecule has 8 nitrogen and oxygen atoms in total. The van der Waals surface area contributed by atoms with Crippen molar-refractivity contribution < 1.29 is 38.1 Å². The Morgan fingerprint density at radius 2 is 1.92 bits per heavy atom. The van der Waals surface area contributed by atoms with Gasteiger partial charge in [0.2, 0.25) is 0 Å². The van der Waals surface area contributed by atoms with Crippen LogP contribution in [-0.4, -0.2) is 56.2 Å². The lowest BCUT2D eigenvalue weighted by molar-refractivity contribution is -0.174. The van der Waals surface area contributed by atoms with Gasteiger partial charge in [0.05, 0.1) is 5.41 Å². The summed E-state index contributed by atoms with van der Waals surface area (Å²) in [4.78, 5) is 36.7. The second-order valence-corrected chi connectivity index (χ2v) is 7.00. The van der Waals surface area contributed by atoms with Crippen LogP contribution >= 0.6 is 0 Å². The van der Waals surface area contributed by atoms with Crippen molar-refractivity contribution in [3.05, 3.63) is 0 Å². The van der Waals surface area contributed by atoms with Crippen LogP contribution in [0.4, 0.5) is 0 Å². The number of carbonyl (C=O) groups excluding carboxylic acids is 3. The van der Waals surface area contributed by atoms with E-state index in [0.717, 1.165) is 0 Å². The molecular weight excluding hydrogens is 320 g/mol. The first-order valence-corrected chi connectivity index (χ1v) is 8.04. The summed E-state index contributed by atoms with van der Waals surface area (Å²) in [7, 11) is 1.39. The van der Waals surface area contributed by atoms with Crippen LogP contribution in [0.25, 0.3) is 0 Å². The molecule has 0 aromatic rings. The Morgan fingerprint density at radius 1 is 1.21 bits per heavy atom. The molecule has 6 atom stereocenters. The highest BCUT2D eigenvalue weighted by Crippen LogP contribution is 2.51. The number of hydrogen-bond donors (Lipinski definition) is 0. The summed E-state index contributed by atoms with van der Waals surface area (Å²) in [6.45, 7) is 5.22. The van der Waals surface area contributed by atoms with Gasteiger partial charge < -0.3 is 23.7 Å². The Bertz CT molecular complexity index is 556. The molecule has 8 heteroatoms. The third-order valence-corrected chi connectivity index (χ3v) is 5.18. The first-order valence-electron chi connectivity index (χ1n) is 8.04. The molecule has 0 amide bonds. The SMILES string of the molecule is CCC(C)(C)C(=O)OC1C2OC(=O)C3C2OC1C3C(=O)OCOC. The monoisotopic (exact) mass is 342 g/mol. The van der Waals surface area contributed by atoms with Crippen LogP contribution in [0.5, 0.6) is 0 Å². The molecule has 0 spiro atoms. The molecule has 3 aliphatic heterocycles. The van der Waals surface area contributed by atoms with E-state index in [4.69, 9.17) is 23.7 Å². The maximum atomic E-state index is 12.4. The predicted octanol–water partition coefficient (Wildman–Crippen LogP) is 0.420. The summed E-state index contributed by atoms with van der Waals surface area (Å²) in [5.74, 6) is -3.09. The minimum absolute atomic E-state index is 0.217. The van der Waals surface area contributed by atoms with Gasteiger partial charge in [-0.2, -0.15) is 0 Å². The van der Waals surface area contributed by atoms with Crippen molar-refractivity contribution in [3.63, 3.8) is 0 Å². The molecule has 3 heterocycles. The summed E-state index contributed by atoms with van der Waals surface area (Å²) in [5, 5.41) is 0. The van der Waals surface area contributed by atoms with Crippen molar-refractivity contribution in [2.45, 2.75) is 51.6 Å². The minimum Gasteiger partial charge on any atom is -0.455 e. The lowest BCUT2D eigenvalue weighted by Gasteiger charge is -2.30. The van der Waals surface area contributed by atoms with Gasteiger partial charge in [0.25, 0.3) is 0 Å². The second kappa shape index (κ2) is 6.00. The maximum Gasteiger partial charge on any atom is 0.314 e. The zero-order valence-electron chi connectivity index (χ0n) is 14.1. The van der Waals surface area contributed by atoms with Crippen molar-refractivity contribution in [3.8, 4) is 0 Å². The highest BCUT2D eigenvalue weighted by Gasteiger charge is 2.72. The fraction of sp³-hybridized carbons (Fsp3) is 0.812. The molecule has 0 aromatic heterocycles. The quantitative estimate of drug-likeness (QED) is 0.389. The Balaban J connectivity index is 1.79. The first kappa shape index (κ1) is 17.2. The topological polar surface area (TPSA) is 97.4 Å². The van der Waals surface area contributed by atoms with Crippen molar-refractivity contribution >= 4 is 17.9 Å². The van der Waals surface area contributed by atoms with Crippen molar-refractivity contribution in [1.82, 2.24) is 0 Å². The number of fused-ring (bicyclic) bond motifs is 1. The fourth-order valence-electron chi connectivity index (χ4n) is 3.38. The van der Waals surface area contributed by atoms with E-state index in [1.54, 1.807) is 13.8 Å². The van der Waals surface area contributed by atoms with E-state index in [9.17, 15) is 14.4 Å². The summed E-state index contributed by atoms with van der Waals surface area (Å²) < 4.78 is 26.3. The van der Waals surface area contributed by atoms with Gasteiger partial charge in [-0.1, -0.05) is 6.92 Å². The summed E-state index contributed by atoms with van der Waals surface area (Å²) in [5.41, 5.74) is -0.671. The van der Waals surface area contributed by atoms with Crippen LogP contribution in [0, 0.1) is 17.3 Å². The van der Waals surface area contributed by atoms with Crippen LogP contribution in [0.1, 0.15) is 27.2 Å². The van der Waals surface area contributed by atoms with Crippen LogP contribution < -0.4 is 0 Å². The highest BCUT2D eigenvalue weighted by molar-refractivity contribution is 5.87. The van der Waals surface area contributed by atoms with Gasteiger partial charge in [0, 0.05) is 7.11 Å². The lowest BCUT2D eigenvalue weighted by atomic mass is 9.78. The molecule has 0 aliphatic carbocycles. The van der Waals surface area contributed by atoms with Crippen molar-refractivity contribution in [2.75, 3.05) is 13.9 Å². The first-order chi connectivity index (χ1) is 11.3. The van der Waals surface area contributed by atoms with E-state index in [2.05, 4.69) is 0 Å². The lowest BCUT2D eigenvalue weighted by Crippen LogP contribution is -2.49. The molecule has 0 saturated carbocycles. The van der Waals surface area contributed by atoms with E-state index in [0.29, 0.717) is 6.42 Å². The Hall–Kier alpha value is -1.67. The van der Waals surface area contributed by atoms with E-state index in [-0.39, 0.29) is 6.79 Å².